The van der Waals surface area contributed by atoms with Crippen molar-refractivity contribution in [3.63, 3.8) is 0 Å². The first-order chi connectivity index (χ1) is 7.58. The molecule has 4 heteroatoms. The molecule has 1 atom stereocenters. The number of carbonyl (C=O) groups is 1. The number of hydrogen-bond acceptors (Lipinski definition) is 2. The third-order valence-corrected chi connectivity index (χ3v) is 3.81. The Hall–Kier alpha value is -0.870. The molecule has 1 fully saturated rings. The normalized spacial score (nSPS) is 20.2. The highest BCUT2D eigenvalue weighted by molar-refractivity contribution is 9.10. The highest BCUT2D eigenvalue weighted by Gasteiger charge is 2.24. The summed E-state index contributed by atoms with van der Waals surface area (Å²) >= 11 is 3.43. The van der Waals surface area contributed by atoms with Crippen molar-refractivity contribution in [3.05, 3.63) is 33.8 Å². The molecule has 0 radical (unpaired) electrons. The van der Waals surface area contributed by atoms with Gasteiger partial charge in [-0.3, -0.25) is 4.79 Å². The van der Waals surface area contributed by atoms with E-state index in [0.29, 0.717) is 6.54 Å². The van der Waals surface area contributed by atoms with Crippen LogP contribution in [0.1, 0.15) is 22.3 Å². The first kappa shape index (κ1) is 11.6. The molecule has 1 saturated heterocycles. The summed E-state index contributed by atoms with van der Waals surface area (Å²) in [5.74, 6) is 0.0866. The van der Waals surface area contributed by atoms with Crippen molar-refractivity contribution in [2.45, 2.75) is 19.4 Å². The zero-order chi connectivity index (χ0) is 11.7. The zero-order valence-electron chi connectivity index (χ0n) is 9.24. The molecule has 86 valence electrons. The fraction of sp³-hybridized carbons (Fsp3) is 0.417. The van der Waals surface area contributed by atoms with Crippen LogP contribution in [0, 0.1) is 6.92 Å². The second-order valence-corrected chi connectivity index (χ2v) is 5.12. The molecule has 3 nitrogen and oxygen atoms in total. The lowest BCUT2D eigenvalue weighted by Gasteiger charge is -2.16. The van der Waals surface area contributed by atoms with Gasteiger partial charge in [-0.15, -0.1) is 0 Å². The number of nitrogens with two attached hydrogens (primary N) is 1. The van der Waals surface area contributed by atoms with Gasteiger partial charge in [0.15, 0.2) is 0 Å². The van der Waals surface area contributed by atoms with Crippen LogP contribution in [0.3, 0.4) is 0 Å². The number of carbonyl (C=O) groups excluding carboxylic acids is 1. The summed E-state index contributed by atoms with van der Waals surface area (Å²) in [4.78, 5) is 13.9. The molecule has 0 unspecified atom stereocenters. The minimum Gasteiger partial charge on any atom is -0.337 e. The van der Waals surface area contributed by atoms with Gasteiger partial charge in [-0.1, -0.05) is 15.9 Å². The molecule has 0 aromatic heterocycles. The number of likely N-dealkylation sites (tertiary alicyclic amines) is 1. The SMILES string of the molecule is Cc1cc(C(=O)N2CC[C@H](N)C2)ccc1Br. The highest BCUT2D eigenvalue weighted by atomic mass is 79.9. The fourth-order valence-corrected chi connectivity index (χ4v) is 2.18. The molecular formula is C12H15BrN2O. The Labute approximate surface area is 104 Å². The van der Waals surface area contributed by atoms with E-state index in [4.69, 9.17) is 5.73 Å². The number of halogens is 1. The molecule has 16 heavy (non-hydrogen) atoms. The van der Waals surface area contributed by atoms with Gasteiger partial charge in [0.1, 0.15) is 0 Å². The van der Waals surface area contributed by atoms with Gasteiger partial charge in [-0.25, -0.2) is 0 Å². The Morgan fingerprint density at radius 1 is 1.56 bits per heavy atom. The number of aryl methyl sites for hydroxylation is 1. The maximum atomic E-state index is 12.1. The van der Waals surface area contributed by atoms with Crippen LogP contribution in [0.5, 0.6) is 0 Å². The molecule has 1 heterocycles. The van der Waals surface area contributed by atoms with Gasteiger partial charge in [0.05, 0.1) is 0 Å². The number of benzene rings is 1. The summed E-state index contributed by atoms with van der Waals surface area (Å²) in [7, 11) is 0. The van der Waals surface area contributed by atoms with E-state index in [0.717, 1.165) is 28.6 Å². The molecule has 0 bridgehead atoms. The Morgan fingerprint density at radius 2 is 2.31 bits per heavy atom. The van der Waals surface area contributed by atoms with E-state index in [1.807, 2.05) is 30.0 Å². The van der Waals surface area contributed by atoms with Gasteiger partial charge in [-0.05, 0) is 37.1 Å². The Morgan fingerprint density at radius 3 is 2.88 bits per heavy atom. The van der Waals surface area contributed by atoms with E-state index in [1.165, 1.54) is 0 Å². The molecule has 0 saturated carbocycles. The average Bonchev–Trinajstić information content (AvgIpc) is 2.68. The quantitative estimate of drug-likeness (QED) is 0.856. The number of amides is 1. The Balaban J connectivity index is 2.18. The first-order valence-corrected chi connectivity index (χ1v) is 6.18. The summed E-state index contributed by atoms with van der Waals surface area (Å²) in [6.07, 6.45) is 0.904. The molecule has 1 aromatic rings. The zero-order valence-corrected chi connectivity index (χ0v) is 10.8. The van der Waals surface area contributed by atoms with Gasteiger partial charge in [-0.2, -0.15) is 0 Å². The predicted molar refractivity (Wildman–Crippen MR) is 67.4 cm³/mol. The second kappa shape index (κ2) is 4.55. The monoisotopic (exact) mass is 282 g/mol. The summed E-state index contributed by atoms with van der Waals surface area (Å²) in [5, 5.41) is 0. The van der Waals surface area contributed by atoms with Crippen LogP contribution < -0.4 is 5.73 Å². The maximum absolute atomic E-state index is 12.1. The van der Waals surface area contributed by atoms with Gasteiger partial charge in [0.25, 0.3) is 5.91 Å². The fourth-order valence-electron chi connectivity index (χ4n) is 1.93. The summed E-state index contributed by atoms with van der Waals surface area (Å²) in [5.41, 5.74) is 7.62. The van der Waals surface area contributed by atoms with Gasteiger partial charge < -0.3 is 10.6 Å². The molecule has 1 amide bonds. The molecule has 1 aromatic carbocycles. The highest BCUT2D eigenvalue weighted by Crippen LogP contribution is 2.19. The summed E-state index contributed by atoms with van der Waals surface area (Å²) in [6.45, 7) is 3.43. The van der Waals surface area contributed by atoms with Crippen LogP contribution in [-0.4, -0.2) is 29.9 Å². The Bertz CT molecular complexity index is 419. The standard InChI is InChI=1S/C12H15BrN2O/c1-8-6-9(2-3-11(8)13)12(16)15-5-4-10(14)7-15/h2-3,6,10H,4-5,7,14H2,1H3/t10-/m0/s1. The van der Waals surface area contributed by atoms with Gasteiger partial charge in [0, 0.05) is 29.2 Å². The number of nitrogens with zero attached hydrogens (tertiary/aromatic N) is 1. The van der Waals surface area contributed by atoms with Crippen molar-refractivity contribution >= 4 is 21.8 Å². The Kier molecular flexibility index (Phi) is 3.30. The van der Waals surface area contributed by atoms with Crippen molar-refractivity contribution < 1.29 is 4.79 Å². The summed E-state index contributed by atoms with van der Waals surface area (Å²) < 4.78 is 1.03. The van der Waals surface area contributed by atoms with Crippen molar-refractivity contribution in [2.24, 2.45) is 5.73 Å². The second-order valence-electron chi connectivity index (χ2n) is 4.26. The third-order valence-electron chi connectivity index (χ3n) is 2.92. The lowest BCUT2D eigenvalue weighted by Crippen LogP contribution is -2.31. The van der Waals surface area contributed by atoms with Gasteiger partial charge >= 0.3 is 0 Å². The van der Waals surface area contributed by atoms with Crippen molar-refractivity contribution in [2.75, 3.05) is 13.1 Å². The maximum Gasteiger partial charge on any atom is 0.253 e. The van der Waals surface area contributed by atoms with Crippen LogP contribution in [0.2, 0.25) is 0 Å². The minimum absolute atomic E-state index is 0.0866. The molecule has 2 rings (SSSR count). The lowest BCUT2D eigenvalue weighted by atomic mass is 10.1. The molecule has 0 aliphatic carbocycles. The van der Waals surface area contributed by atoms with Crippen LogP contribution >= 0.6 is 15.9 Å². The molecule has 1 aliphatic rings. The van der Waals surface area contributed by atoms with Gasteiger partial charge in [0.2, 0.25) is 0 Å². The number of hydrogen-bond donors (Lipinski definition) is 1. The molecular weight excluding hydrogens is 268 g/mol. The third kappa shape index (κ3) is 2.28. The van der Waals surface area contributed by atoms with E-state index in [1.54, 1.807) is 0 Å². The van der Waals surface area contributed by atoms with Crippen molar-refractivity contribution in [1.29, 1.82) is 0 Å². The van der Waals surface area contributed by atoms with Crippen LogP contribution in [0.4, 0.5) is 0 Å². The minimum atomic E-state index is 0.0866. The smallest absolute Gasteiger partial charge is 0.253 e. The van der Waals surface area contributed by atoms with E-state index in [-0.39, 0.29) is 11.9 Å². The topological polar surface area (TPSA) is 46.3 Å². The van der Waals surface area contributed by atoms with E-state index < -0.39 is 0 Å². The number of rotatable bonds is 1. The average molecular weight is 283 g/mol. The lowest BCUT2D eigenvalue weighted by molar-refractivity contribution is 0.0791. The van der Waals surface area contributed by atoms with E-state index in [9.17, 15) is 4.79 Å². The van der Waals surface area contributed by atoms with E-state index in [2.05, 4.69) is 15.9 Å². The van der Waals surface area contributed by atoms with Crippen LogP contribution in [0.15, 0.2) is 22.7 Å². The first-order valence-electron chi connectivity index (χ1n) is 5.39. The van der Waals surface area contributed by atoms with Crippen LogP contribution in [-0.2, 0) is 0 Å². The summed E-state index contributed by atoms with van der Waals surface area (Å²) in [6, 6.07) is 5.82. The molecule has 0 spiro atoms. The predicted octanol–water partition coefficient (Wildman–Crippen LogP) is 1.93. The van der Waals surface area contributed by atoms with E-state index >= 15 is 0 Å². The molecule has 2 N–H and O–H groups in total. The van der Waals surface area contributed by atoms with Crippen molar-refractivity contribution in [1.82, 2.24) is 4.90 Å². The van der Waals surface area contributed by atoms with Crippen molar-refractivity contribution in [3.8, 4) is 0 Å². The van der Waals surface area contributed by atoms with Crippen LogP contribution in [0.25, 0.3) is 0 Å². The largest absolute Gasteiger partial charge is 0.337 e. The molecule has 1 aliphatic heterocycles.